The second kappa shape index (κ2) is 14.4. The number of ether oxygens (including phenoxy) is 4. The number of benzene rings is 2. The van der Waals surface area contributed by atoms with Gasteiger partial charge < -0.3 is 18.9 Å². The summed E-state index contributed by atoms with van der Waals surface area (Å²) >= 11 is 0. The third-order valence-corrected chi connectivity index (χ3v) is 4.05. The van der Waals surface area contributed by atoms with Gasteiger partial charge in [-0.25, -0.2) is 9.59 Å². The first-order valence-electron chi connectivity index (χ1n) is 10.5. The summed E-state index contributed by atoms with van der Waals surface area (Å²) in [6.07, 6.45) is 1.08. The van der Waals surface area contributed by atoms with Crippen LogP contribution in [0.3, 0.4) is 0 Å². The van der Waals surface area contributed by atoms with E-state index in [2.05, 4.69) is 36.8 Å². The van der Waals surface area contributed by atoms with Crippen molar-refractivity contribution in [3.8, 4) is 35.2 Å². The molecule has 0 aliphatic heterocycles. The molecular formula is C28H24O7. The molecule has 0 bridgehead atoms. The van der Waals surface area contributed by atoms with Crippen molar-refractivity contribution in [1.82, 2.24) is 0 Å². The molecule has 0 aliphatic carbocycles. The summed E-state index contributed by atoms with van der Waals surface area (Å²) in [4.78, 5) is 34.2. The minimum absolute atomic E-state index is 0.113. The molecule has 0 aromatic heterocycles. The highest BCUT2D eigenvalue weighted by molar-refractivity contribution is 6.09. The van der Waals surface area contributed by atoms with Gasteiger partial charge in [0.1, 0.15) is 37.9 Å². The Morgan fingerprint density at radius 2 is 1.23 bits per heavy atom. The molecule has 2 aromatic rings. The number of ketones is 1. The van der Waals surface area contributed by atoms with Crippen LogP contribution in [0.2, 0.25) is 0 Å². The average molecular weight is 472 g/mol. The van der Waals surface area contributed by atoms with Crippen molar-refractivity contribution in [2.45, 2.75) is 6.92 Å². The molecule has 0 saturated carbocycles. The number of carbonyl (C=O) groups is 3. The van der Waals surface area contributed by atoms with Crippen LogP contribution in [0.15, 0.2) is 73.3 Å². The fourth-order valence-corrected chi connectivity index (χ4v) is 2.34. The Morgan fingerprint density at radius 3 is 1.66 bits per heavy atom. The maximum absolute atomic E-state index is 12.0. The molecule has 0 spiro atoms. The van der Waals surface area contributed by atoms with Crippen LogP contribution in [0.25, 0.3) is 0 Å². The smallest absolute Gasteiger partial charge is 0.333 e. The second-order valence-corrected chi connectivity index (χ2v) is 6.86. The second-order valence-electron chi connectivity index (χ2n) is 6.86. The number of hydrogen-bond donors (Lipinski definition) is 0. The Balaban J connectivity index is 1.78. The molecule has 0 unspecified atom stereocenters. The van der Waals surface area contributed by atoms with Gasteiger partial charge in [-0.05, 0) is 67.3 Å². The Labute approximate surface area is 204 Å². The number of hydrogen-bond acceptors (Lipinski definition) is 7. The van der Waals surface area contributed by atoms with Crippen LogP contribution < -0.4 is 9.47 Å². The van der Waals surface area contributed by atoms with Gasteiger partial charge in [0, 0.05) is 22.8 Å². The molecule has 0 heterocycles. The van der Waals surface area contributed by atoms with Crippen LogP contribution in [0.5, 0.6) is 11.5 Å². The molecule has 0 fully saturated rings. The summed E-state index contributed by atoms with van der Waals surface area (Å²) < 4.78 is 20.7. The van der Waals surface area contributed by atoms with Crippen LogP contribution in [0.4, 0.5) is 0 Å². The molecule has 35 heavy (non-hydrogen) atoms. The van der Waals surface area contributed by atoms with Gasteiger partial charge in [0.15, 0.2) is 0 Å². The summed E-state index contributed by atoms with van der Waals surface area (Å²) in [7, 11) is 0. The number of rotatable bonds is 10. The lowest BCUT2D eigenvalue weighted by Crippen LogP contribution is -2.12. The Hall–Kier alpha value is -4.75. The van der Waals surface area contributed by atoms with Crippen molar-refractivity contribution >= 4 is 17.7 Å². The first-order chi connectivity index (χ1) is 16.9. The lowest BCUT2D eigenvalue weighted by molar-refractivity contribution is -0.140. The molecule has 2 rings (SSSR count). The SMILES string of the molecule is C=CC(=O)OCCOc1ccc(C#CC(=O)C#Cc2ccc(OCCOC(=O)C(=C)C)cc2)cc1. The summed E-state index contributed by atoms with van der Waals surface area (Å²) in [6, 6.07) is 13.6. The molecule has 0 radical (unpaired) electrons. The van der Waals surface area contributed by atoms with Gasteiger partial charge in [-0.3, -0.25) is 4.79 Å². The van der Waals surface area contributed by atoms with Crippen molar-refractivity contribution in [1.29, 1.82) is 0 Å². The maximum Gasteiger partial charge on any atom is 0.333 e. The number of Topliss-reactive ketones (excluding diaryl/α,β-unsaturated/α-hetero) is 1. The zero-order valence-corrected chi connectivity index (χ0v) is 19.3. The third-order valence-electron chi connectivity index (χ3n) is 4.05. The monoisotopic (exact) mass is 472 g/mol. The van der Waals surface area contributed by atoms with E-state index in [1.54, 1.807) is 55.5 Å². The Morgan fingerprint density at radius 1 is 0.771 bits per heavy atom. The normalized spacial score (nSPS) is 9.29. The summed E-state index contributed by atoms with van der Waals surface area (Å²) in [5.74, 6) is 10.1. The summed E-state index contributed by atoms with van der Waals surface area (Å²) in [5, 5.41) is 0. The van der Waals surface area contributed by atoms with Crippen LogP contribution in [0, 0.1) is 23.7 Å². The zero-order valence-electron chi connectivity index (χ0n) is 19.3. The molecule has 0 aliphatic rings. The van der Waals surface area contributed by atoms with Gasteiger partial charge in [0.25, 0.3) is 5.78 Å². The first-order valence-corrected chi connectivity index (χ1v) is 10.5. The highest BCUT2D eigenvalue weighted by Crippen LogP contribution is 2.12. The Bertz CT molecular complexity index is 1180. The van der Waals surface area contributed by atoms with Gasteiger partial charge in [-0.1, -0.05) is 25.0 Å². The lowest BCUT2D eigenvalue weighted by Gasteiger charge is -2.07. The standard InChI is InChI=1S/C28H24O7/c1-4-27(30)34-19-17-32-25-13-7-22(8-14-25)5-11-24(29)12-6-23-9-15-26(16-10-23)33-18-20-35-28(31)21(2)3/h4,7-10,13-16H,1-2,17-20H2,3H3. The Kier molecular flexibility index (Phi) is 10.9. The van der Waals surface area contributed by atoms with Crippen molar-refractivity contribution in [2.24, 2.45) is 0 Å². The van der Waals surface area contributed by atoms with Crippen LogP contribution >= 0.6 is 0 Å². The van der Waals surface area contributed by atoms with Crippen molar-refractivity contribution in [3.05, 3.63) is 84.5 Å². The number of carbonyl (C=O) groups excluding carboxylic acids is 3. The largest absolute Gasteiger partial charge is 0.490 e. The minimum atomic E-state index is -0.519. The van der Waals surface area contributed by atoms with E-state index in [-0.39, 0.29) is 26.4 Å². The molecule has 0 saturated heterocycles. The van der Waals surface area contributed by atoms with E-state index >= 15 is 0 Å². The van der Waals surface area contributed by atoms with E-state index < -0.39 is 17.7 Å². The van der Waals surface area contributed by atoms with Crippen molar-refractivity contribution in [2.75, 3.05) is 26.4 Å². The molecular weight excluding hydrogens is 448 g/mol. The van der Waals surface area contributed by atoms with E-state index in [9.17, 15) is 14.4 Å². The summed E-state index contributed by atoms with van der Waals surface area (Å²) in [5.41, 5.74) is 1.58. The fraction of sp³-hybridized carbons (Fsp3) is 0.179. The van der Waals surface area contributed by atoms with E-state index in [1.165, 1.54) is 0 Å². The van der Waals surface area contributed by atoms with Crippen LogP contribution in [-0.4, -0.2) is 44.1 Å². The first kappa shape index (κ1) is 26.5. The highest BCUT2D eigenvalue weighted by atomic mass is 16.6. The number of esters is 2. The molecule has 7 nitrogen and oxygen atoms in total. The van der Waals surface area contributed by atoms with E-state index in [0.717, 1.165) is 6.08 Å². The maximum atomic E-state index is 12.0. The predicted molar refractivity (Wildman–Crippen MR) is 130 cm³/mol. The topological polar surface area (TPSA) is 88.1 Å². The third kappa shape index (κ3) is 10.6. The van der Waals surface area contributed by atoms with Gasteiger partial charge >= 0.3 is 11.9 Å². The van der Waals surface area contributed by atoms with Gasteiger partial charge in [0.05, 0.1) is 0 Å². The predicted octanol–water partition coefficient (Wildman–Crippen LogP) is 3.27. The van der Waals surface area contributed by atoms with Gasteiger partial charge in [-0.15, -0.1) is 0 Å². The molecule has 0 amide bonds. The van der Waals surface area contributed by atoms with Crippen molar-refractivity contribution in [3.63, 3.8) is 0 Å². The zero-order chi connectivity index (χ0) is 25.5. The molecule has 178 valence electrons. The van der Waals surface area contributed by atoms with Crippen molar-refractivity contribution < 1.29 is 33.3 Å². The average Bonchev–Trinajstić information content (AvgIpc) is 2.87. The molecule has 2 aromatic carbocycles. The highest BCUT2D eigenvalue weighted by Gasteiger charge is 2.02. The lowest BCUT2D eigenvalue weighted by atomic mass is 10.2. The van der Waals surface area contributed by atoms with Crippen LogP contribution in [0.1, 0.15) is 18.1 Å². The molecule has 0 atom stereocenters. The van der Waals surface area contributed by atoms with Gasteiger partial charge in [-0.2, -0.15) is 0 Å². The quantitative estimate of drug-likeness (QED) is 0.227. The van der Waals surface area contributed by atoms with E-state index in [4.69, 9.17) is 18.9 Å². The minimum Gasteiger partial charge on any atom is -0.490 e. The van der Waals surface area contributed by atoms with E-state index in [0.29, 0.717) is 28.2 Å². The fourth-order valence-electron chi connectivity index (χ4n) is 2.34. The molecule has 7 heteroatoms. The summed E-state index contributed by atoms with van der Waals surface area (Å²) in [6.45, 7) is 9.02. The van der Waals surface area contributed by atoms with E-state index in [1.807, 2.05) is 0 Å². The molecule has 0 N–H and O–H groups in total. The van der Waals surface area contributed by atoms with Gasteiger partial charge in [0.2, 0.25) is 0 Å². The van der Waals surface area contributed by atoms with Crippen LogP contribution in [-0.2, 0) is 23.9 Å².